The van der Waals surface area contributed by atoms with Gasteiger partial charge in [-0.05, 0) is 49.1 Å². The van der Waals surface area contributed by atoms with Crippen LogP contribution in [0.15, 0.2) is 35.4 Å². The second kappa shape index (κ2) is 7.43. The van der Waals surface area contributed by atoms with Crippen molar-refractivity contribution in [3.63, 3.8) is 0 Å². The van der Waals surface area contributed by atoms with Crippen LogP contribution in [0, 0.1) is 0 Å². The van der Waals surface area contributed by atoms with Crippen molar-refractivity contribution in [1.82, 2.24) is 14.9 Å². The summed E-state index contributed by atoms with van der Waals surface area (Å²) in [5.74, 6) is 0.0605. The number of nitrogens with zero attached hydrogens (tertiary/aromatic N) is 2. The number of urea groups is 1. The van der Waals surface area contributed by atoms with Gasteiger partial charge in [0, 0.05) is 10.6 Å². The fraction of sp³-hybridized carbons (Fsp3) is 0.263. The first kappa shape index (κ1) is 18.2. The first-order chi connectivity index (χ1) is 13.5. The van der Waals surface area contributed by atoms with Crippen LogP contribution in [0.1, 0.15) is 16.9 Å². The van der Waals surface area contributed by atoms with E-state index in [2.05, 4.69) is 15.6 Å². The van der Waals surface area contributed by atoms with Crippen molar-refractivity contribution in [2.45, 2.75) is 25.8 Å². The van der Waals surface area contributed by atoms with E-state index in [9.17, 15) is 14.4 Å². The molecule has 0 saturated heterocycles. The molecule has 28 heavy (non-hydrogen) atoms. The van der Waals surface area contributed by atoms with Crippen LogP contribution in [-0.2, 0) is 24.2 Å². The molecule has 3 aromatic rings. The largest absolute Gasteiger partial charge is 0.497 e. The average Bonchev–Trinajstić information content (AvgIpc) is 3.25. The summed E-state index contributed by atoms with van der Waals surface area (Å²) >= 11 is 1.54. The number of ether oxygens (including phenoxy) is 1. The molecule has 9 heteroatoms. The van der Waals surface area contributed by atoms with Gasteiger partial charge in [-0.3, -0.25) is 19.5 Å². The Balaban J connectivity index is 1.44. The van der Waals surface area contributed by atoms with Crippen LogP contribution in [0.4, 0.5) is 10.5 Å². The van der Waals surface area contributed by atoms with E-state index in [4.69, 9.17) is 4.74 Å². The molecule has 0 radical (unpaired) electrons. The standard InChI is InChI=1S/C19H18N4O4S/c1-27-12-7-5-11(6-8-12)21-19(26)22-15(24)9-23-10-20-17-16(18(23)25)13-3-2-4-14(13)28-17/h5-8,10H,2-4,9H2,1H3,(H2,21,22,24,26). The number of aryl methyl sites for hydroxylation is 2. The predicted octanol–water partition coefficient (Wildman–Crippen LogP) is 2.30. The molecule has 2 heterocycles. The Morgan fingerprint density at radius 1 is 1.25 bits per heavy atom. The summed E-state index contributed by atoms with van der Waals surface area (Å²) in [5, 5.41) is 5.38. The van der Waals surface area contributed by atoms with E-state index in [1.54, 1.807) is 42.7 Å². The van der Waals surface area contributed by atoms with Gasteiger partial charge >= 0.3 is 6.03 Å². The number of carbonyl (C=O) groups is 2. The number of aromatic nitrogens is 2. The van der Waals surface area contributed by atoms with Crippen LogP contribution in [-0.4, -0.2) is 28.6 Å². The molecule has 1 aliphatic carbocycles. The molecule has 1 aromatic carbocycles. The number of thiophene rings is 1. The number of methoxy groups -OCH3 is 1. The van der Waals surface area contributed by atoms with Crippen LogP contribution in [0.2, 0.25) is 0 Å². The minimum atomic E-state index is -0.673. The Morgan fingerprint density at radius 3 is 2.79 bits per heavy atom. The molecule has 0 unspecified atom stereocenters. The lowest BCUT2D eigenvalue weighted by atomic mass is 10.2. The topological polar surface area (TPSA) is 102 Å². The molecule has 8 nitrogen and oxygen atoms in total. The minimum Gasteiger partial charge on any atom is -0.497 e. The molecule has 0 aliphatic heterocycles. The van der Waals surface area contributed by atoms with E-state index < -0.39 is 11.9 Å². The maximum absolute atomic E-state index is 12.8. The van der Waals surface area contributed by atoms with Gasteiger partial charge in [-0.1, -0.05) is 0 Å². The van der Waals surface area contributed by atoms with Crippen LogP contribution >= 0.6 is 11.3 Å². The third-order valence-corrected chi connectivity index (χ3v) is 5.81. The zero-order valence-corrected chi connectivity index (χ0v) is 16.0. The van der Waals surface area contributed by atoms with Gasteiger partial charge in [0.2, 0.25) is 5.91 Å². The third kappa shape index (κ3) is 3.48. The summed E-state index contributed by atoms with van der Waals surface area (Å²) in [7, 11) is 1.55. The molecule has 4 rings (SSSR count). The zero-order valence-electron chi connectivity index (χ0n) is 15.2. The molecule has 0 atom stereocenters. The minimum absolute atomic E-state index is 0.241. The number of fused-ring (bicyclic) bond motifs is 3. The molecule has 1 aliphatic rings. The SMILES string of the molecule is COc1ccc(NC(=O)NC(=O)Cn2cnc3sc4c(c3c2=O)CCC4)cc1. The van der Waals surface area contributed by atoms with Crippen molar-refractivity contribution >= 4 is 39.2 Å². The molecule has 0 saturated carbocycles. The van der Waals surface area contributed by atoms with E-state index in [-0.39, 0.29) is 12.1 Å². The summed E-state index contributed by atoms with van der Waals surface area (Å²) in [6.45, 7) is -0.275. The highest BCUT2D eigenvalue weighted by molar-refractivity contribution is 7.18. The molecular weight excluding hydrogens is 380 g/mol. The molecule has 3 amide bonds. The number of benzene rings is 1. The molecule has 0 fully saturated rings. The van der Waals surface area contributed by atoms with Crippen LogP contribution < -0.4 is 20.9 Å². The summed E-state index contributed by atoms with van der Waals surface area (Å²) < 4.78 is 6.29. The van der Waals surface area contributed by atoms with Crippen molar-refractivity contribution in [1.29, 1.82) is 0 Å². The van der Waals surface area contributed by atoms with Gasteiger partial charge in [-0.2, -0.15) is 0 Å². The second-order valence-corrected chi connectivity index (χ2v) is 7.53. The Morgan fingerprint density at radius 2 is 2.04 bits per heavy atom. The monoisotopic (exact) mass is 398 g/mol. The number of nitrogens with one attached hydrogen (secondary N) is 2. The molecule has 2 aromatic heterocycles. The van der Waals surface area contributed by atoms with Crippen molar-refractivity contribution < 1.29 is 14.3 Å². The highest BCUT2D eigenvalue weighted by Gasteiger charge is 2.21. The zero-order chi connectivity index (χ0) is 19.7. The van der Waals surface area contributed by atoms with E-state index >= 15 is 0 Å². The first-order valence-corrected chi connectivity index (χ1v) is 9.61. The lowest BCUT2D eigenvalue weighted by molar-refractivity contribution is -0.120. The van der Waals surface area contributed by atoms with Crippen molar-refractivity contribution in [2.24, 2.45) is 0 Å². The highest BCUT2D eigenvalue weighted by atomic mass is 32.1. The summed E-state index contributed by atoms with van der Waals surface area (Å²) in [5.41, 5.74) is 1.33. The number of carbonyl (C=O) groups excluding carboxylic acids is 2. The first-order valence-electron chi connectivity index (χ1n) is 8.79. The Labute approximate surface area is 164 Å². The Kier molecular flexibility index (Phi) is 4.82. The van der Waals surface area contributed by atoms with Crippen molar-refractivity contribution in [3.05, 3.63) is 51.4 Å². The quantitative estimate of drug-likeness (QED) is 0.702. The van der Waals surface area contributed by atoms with Gasteiger partial charge in [-0.25, -0.2) is 9.78 Å². The van der Waals surface area contributed by atoms with Gasteiger partial charge in [0.05, 0.1) is 18.8 Å². The Hall–Kier alpha value is -3.20. The van der Waals surface area contributed by atoms with Crippen molar-refractivity contribution in [2.75, 3.05) is 12.4 Å². The van der Waals surface area contributed by atoms with Crippen LogP contribution in [0.5, 0.6) is 5.75 Å². The number of anilines is 1. The number of hydrogen-bond acceptors (Lipinski definition) is 6. The van der Waals surface area contributed by atoms with E-state index in [1.807, 2.05) is 0 Å². The third-order valence-electron chi connectivity index (χ3n) is 4.61. The van der Waals surface area contributed by atoms with Crippen molar-refractivity contribution in [3.8, 4) is 5.75 Å². The van der Waals surface area contributed by atoms with Crippen LogP contribution in [0.25, 0.3) is 10.2 Å². The van der Waals surface area contributed by atoms with Gasteiger partial charge in [-0.15, -0.1) is 11.3 Å². The molecular formula is C19H18N4O4S. The normalized spacial score (nSPS) is 12.6. The van der Waals surface area contributed by atoms with Gasteiger partial charge in [0.1, 0.15) is 17.1 Å². The molecule has 0 spiro atoms. The maximum atomic E-state index is 12.8. The van der Waals surface area contributed by atoms with Gasteiger partial charge in [0.25, 0.3) is 5.56 Å². The maximum Gasteiger partial charge on any atom is 0.325 e. The number of hydrogen-bond donors (Lipinski definition) is 2. The smallest absolute Gasteiger partial charge is 0.325 e. The number of imide groups is 1. The van der Waals surface area contributed by atoms with Gasteiger partial charge < -0.3 is 10.1 Å². The number of rotatable bonds is 4. The molecule has 144 valence electrons. The lowest BCUT2D eigenvalue weighted by Crippen LogP contribution is -2.38. The van der Waals surface area contributed by atoms with E-state index in [0.29, 0.717) is 21.7 Å². The van der Waals surface area contributed by atoms with E-state index in [1.165, 1.54) is 15.8 Å². The lowest BCUT2D eigenvalue weighted by Gasteiger charge is -2.09. The average molecular weight is 398 g/mol. The highest BCUT2D eigenvalue weighted by Crippen LogP contribution is 2.34. The summed E-state index contributed by atoms with van der Waals surface area (Å²) in [4.78, 5) is 43.2. The van der Waals surface area contributed by atoms with Crippen LogP contribution in [0.3, 0.4) is 0 Å². The fourth-order valence-corrected chi connectivity index (χ4v) is 4.51. The summed E-state index contributed by atoms with van der Waals surface area (Å²) in [6, 6.07) is 6.02. The Bertz CT molecular complexity index is 1120. The van der Waals surface area contributed by atoms with E-state index in [0.717, 1.165) is 24.8 Å². The molecule has 2 N–H and O–H groups in total. The number of amides is 3. The van der Waals surface area contributed by atoms with Gasteiger partial charge in [0.15, 0.2) is 0 Å². The second-order valence-electron chi connectivity index (χ2n) is 6.45. The molecule has 0 bridgehead atoms. The predicted molar refractivity (Wildman–Crippen MR) is 106 cm³/mol. The summed E-state index contributed by atoms with van der Waals surface area (Å²) in [6.07, 6.45) is 4.24. The fourth-order valence-electron chi connectivity index (χ4n) is 3.29.